The molecule has 3 unspecified atom stereocenters. The first-order chi connectivity index (χ1) is 15.5. The molecule has 2 saturated carbocycles. The first-order valence-corrected chi connectivity index (χ1v) is 12.5. The minimum absolute atomic E-state index is 0.0453. The zero-order valence-electron chi connectivity index (χ0n) is 18.8. The lowest BCUT2D eigenvalue weighted by molar-refractivity contribution is -0.145. The molecule has 0 aliphatic heterocycles. The molecule has 4 rings (SSSR count). The van der Waals surface area contributed by atoms with E-state index < -0.39 is 47.0 Å². The highest BCUT2D eigenvalue weighted by Gasteiger charge is 2.75. The van der Waals surface area contributed by atoms with Gasteiger partial charge in [0.1, 0.15) is 5.41 Å². The van der Waals surface area contributed by atoms with Crippen LogP contribution in [0.2, 0.25) is 0 Å². The molecule has 0 spiro atoms. The van der Waals surface area contributed by atoms with Gasteiger partial charge >= 0.3 is 0 Å². The van der Waals surface area contributed by atoms with Crippen LogP contribution in [0.4, 0.5) is 5.69 Å². The third-order valence-corrected chi connectivity index (χ3v) is 9.85. The average Bonchev–Trinajstić information content (AvgIpc) is 3.15. The Morgan fingerprint density at radius 3 is 2.33 bits per heavy atom. The predicted octanol–water partition coefficient (Wildman–Crippen LogP) is 3.54. The lowest BCUT2D eigenvalue weighted by atomic mass is 9.70. The molecular weight excluding hydrogens is 441 g/mol. The number of fused-ring (bicyclic) bond motifs is 2. The topological polar surface area (TPSA) is 121 Å². The van der Waals surface area contributed by atoms with Gasteiger partial charge in [-0.1, -0.05) is 50.2 Å². The SMILES string of the molecule is CCOP(=O)(C(=O)C12CCC(C(=O)C1=O)C2(C)C)c1cccc(N)c1C(=O)c1ccccc1. The fraction of sp³-hybridized carbons (Fsp3) is 0.360. The summed E-state index contributed by atoms with van der Waals surface area (Å²) in [5, 5.41) is -0.135. The summed E-state index contributed by atoms with van der Waals surface area (Å²) in [7, 11) is -4.46. The molecule has 0 radical (unpaired) electrons. The van der Waals surface area contributed by atoms with Crippen LogP contribution in [0.25, 0.3) is 0 Å². The van der Waals surface area contributed by atoms with Gasteiger partial charge in [0.05, 0.1) is 17.5 Å². The number of carbonyl (C=O) groups is 4. The second-order valence-corrected chi connectivity index (χ2v) is 11.4. The Morgan fingerprint density at radius 1 is 1.09 bits per heavy atom. The number of nitrogen functional groups attached to an aromatic ring is 1. The third-order valence-electron chi connectivity index (χ3n) is 7.31. The smallest absolute Gasteiger partial charge is 0.297 e. The highest BCUT2D eigenvalue weighted by molar-refractivity contribution is 7.83. The Balaban J connectivity index is 1.94. The van der Waals surface area contributed by atoms with Gasteiger partial charge in [0.2, 0.25) is 17.1 Å². The van der Waals surface area contributed by atoms with Crippen molar-refractivity contribution >= 4 is 41.2 Å². The normalized spacial score (nSPS) is 25.1. The van der Waals surface area contributed by atoms with E-state index in [-0.39, 0.29) is 29.6 Å². The van der Waals surface area contributed by atoms with Gasteiger partial charge in [0.25, 0.3) is 7.37 Å². The van der Waals surface area contributed by atoms with Crippen LogP contribution >= 0.6 is 7.37 Å². The third kappa shape index (κ3) is 3.02. The van der Waals surface area contributed by atoms with Crippen LogP contribution in [0.15, 0.2) is 48.5 Å². The molecule has 2 bridgehead atoms. The monoisotopic (exact) mass is 467 g/mol. The summed E-state index contributed by atoms with van der Waals surface area (Å²) in [5.74, 6) is -2.52. The number of anilines is 1. The van der Waals surface area contributed by atoms with Gasteiger partial charge in [-0.3, -0.25) is 23.7 Å². The van der Waals surface area contributed by atoms with Gasteiger partial charge in [-0.25, -0.2) is 0 Å². The Hall–Kier alpha value is -2.89. The lowest BCUT2D eigenvalue weighted by Crippen LogP contribution is -2.46. The Bertz CT molecular complexity index is 1230. The molecule has 2 N–H and O–H groups in total. The van der Waals surface area contributed by atoms with Crippen molar-refractivity contribution in [1.29, 1.82) is 0 Å². The van der Waals surface area contributed by atoms with Crippen LogP contribution in [0.1, 0.15) is 49.5 Å². The summed E-state index contributed by atoms with van der Waals surface area (Å²) in [6.07, 6.45) is 0.484. The minimum atomic E-state index is -4.46. The van der Waals surface area contributed by atoms with E-state index in [9.17, 15) is 23.7 Å². The number of carbonyl (C=O) groups excluding carboxylic acids is 4. The molecule has 3 atom stereocenters. The van der Waals surface area contributed by atoms with E-state index in [1.54, 1.807) is 51.1 Å². The van der Waals surface area contributed by atoms with E-state index >= 15 is 0 Å². The number of ketones is 3. The minimum Gasteiger partial charge on any atom is -0.398 e. The van der Waals surface area contributed by atoms with Crippen molar-refractivity contribution < 1.29 is 28.3 Å². The summed E-state index contributed by atoms with van der Waals surface area (Å²) >= 11 is 0. The number of rotatable bonds is 7. The Morgan fingerprint density at radius 2 is 1.76 bits per heavy atom. The number of nitrogens with two attached hydrogens (primary N) is 1. The standard InChI is InChI=1S/C25H26NO6P/c1-4-32-33(31,23(30)25-14-13-16(24(25,2)3)21(28)22(25)29)18-12-8-11-17(26)19(18)20(27)15-9-6-5-7-10-15/h5-12,16H,4,13-14,26H2,1-3H3. The van der Waals surface area contributed by atoms with Gasteiger partial charge in [0.15, 0.2) is 5.78 Å². The van der Waals surface area contributed by atoms with Crippen LogP contribution in [0, 0.1) is 16.7 Å². The van der Waals surface area contributed by atoms with Crippen molar-refractivity contribution in [3.8, 4) is 0 Å². The van der Waals surface area contributed by atoms with Crippen molar-refractivity contribution in [2.45, 2.75) is 33.6 Å². The quantitative estimate of drug-likeness (QED) is 0.217. The van der Waals surface area contributed by atoms with Crippen LogP contribution in [0.5, 0.6) is 0 Å². The maximum absolute atomic E-state index is 14.5. The zero-order chi connectivity index (χ0) is 24.2. The molecule has 8 heteroatoms. The maximum Gasteiger partial charge on any atom is 0.297 e. The Kier molecular flexibility index (Phi) is 5.54. The number of hydrogen-bond acceptors (Lipinski definition) is 7. The molecule has 2 aromatic rings. The highest BCUT2D eigenvalue weighted by Crippen LogP contribution is 2.68. The fourth-order valence-electron chi connectivity index (χ4n) is 5.51. The van der Waals surface area contributed by atoms with Crippen molar-refractivity contribution in [3.63, 3.8) is 0 Å². The molecule has 0 heterocycles. The van der Waals surface area contributed by atoms with Gasteiger partial charge in [-0.05, 0) is 37.3 Å². The fourth-order valence-corrected chi connectivity index (χ4v) is 8.16. The van der Waals surface area contributed by atoms with Gasteiger partial charge < -0.3 is 10.3 Å². The summed E-state index contributed by atoms with van der Waals surface area (Å²) in [6.45, 7) is 4.86. The predicted molar refractivity (Wildman–Crippen MR) is 124 cm³/mol. The molecule has 7 nitrogen and oxygen atoms in total. The average molecular weight is 467 g/mol. The van der Waals surface area contributed by atoms with E-state index in [2.05, 4.69) is 0 Å². The molecular formula is C25H26NO6P. The number of Topliss-reactive ketones (excluding diaryl/α,β-unsaturated/α-hetero) is 2. The Labute approximate surface area is 192 Å². The van der Waals surface area contributed by atoms with E-state index in [1.165, 1.54) is 18.2 Å². The molecule has 2 fully saturated rings. The zero-order valence-corrected chi connectivity index (χ0v) is 19.7. The van der Waals surface area contributed by atoms with E-state index in [0.29, 0.717) is 12.0 Å². The van der Waals surface area contributed by atoms with Crippen LogP contribution in [-0.4, -0.2) is 29.5 Å². The molecule has 2 aliphatic carbocycles. The van der Waals surface area contributed by atoms with Gasteiger partial charge in [-0.2, -0.15) is 0 Å². The van der Waals surface area contributed by atoms with Crippen LogP contribution in [-0.2, 0) is 23.5 Å². The largest absolute Gasteiger partial charge is 0.398 e. The van der Waals surface area contributed by atoms with Crippen molar-refractivity contribution in [3.05, 3.63) is 59.7 Å². The summed E-state index contributed by atoms with van der Waals surface area (Å²) in [6, 6.07) is 12.7. The van der Waals surface area contributed by atoms with Gasteiger partial charge in [0, 0.05) is 17.2 Å². The van der Waals surface area contributed by atoms with E-state index in [0.717, 1.165) is 0 Å². The molecule has 172 valence electrons. The van der Waals surface area contributed by atoms with Gasteiger partial charge in [-0.15, -0.1) is 0 Å². The van der Waals surface area contributed by atoms with E-state index in [4.69, 9.17) is 10.3 Å². The molecule has 33 heavy (non-hydrogen) atoms. The number of benzene rings is 2. The van der Waals surface area contributed by atoms with Crippen LogP contribution < -0.4 is 11.0 Å². The maximum atomic E-state index is 14.5. The lowest BCUT2D eigenvalue weighted by Gasteiger charge is -2.36. The summed E-state index contributed by atoms with van der Waals surface area (Å²) in [5.41, 5.74) is 2.73. The second-order valence-electron chi connectivity index (χ2n) is 9.12. The van der Waals surface area contributed by atoms with Crippen LogP contribution in [0.3, 0.4) is 0 Å². The van der Waals surface area contributed by atoms with E-state index in [1.807, 2.05) is 0 Å². The molecule has 0 amide bonds. The summed E-state index contributed by atoms with van der Waals surface area (Å²) in [4.78, 5) is 53.2. The first-order valence-electron chi connectivity index (χ1n) is 10.9. The molecule has 0 aromatic heterocycles. The van der Waals surface area contributed by atoms with Crippen molar-refractivity contribution in [1.82, 2.24) is 0 Å². The highest BCUT2D eigenvalue weighted by atomic mass is 31.2. The number of hydrogen-bond donors (Lipinski definition) is 1. The summed E-state index contributed by atoms with van der Waals surface area (Å²) < 4.78 is 20.1. The first kappa shape index (κ1) is 23.3. The van der Waals surface area contributed by atoms with Crippen molar-refractivity contribution in [2.75, 3.05) is 12.3 Å². The van der Waals surface area contributed by atoms with Crippen molar-refractivity contribution in [2.24, 2.45) is 16.7 Å². The molecule has 2 aromatic carbocycles. The molecule has 2 aliphatic rings. The molecule has 0 saturated heterocycles. The second kappa shape index (κ2) is 7.86.